The van der Waals surface area contributed by atoms with E-state index in [0.29, 0.717) is 17.7 Å². The van der Waals surface area contributed by atoms with Crippen molar-refractivity contribution in [3.8, 4) is 11.5 Å². The molecule has 1 fully saturated rings. The minimum absolute atomic E-state index is 0.00368. The average molecular weight is 551 g/mol. The number of nitrogens with one attached hydrogen (secondary N) is 1. The smallest absolute Gasteiger partial charge is 0.425 e. The van der Waals surface area contributed by atoms with Crippen LogP contribution in [0, 0.1) is 11.3 Å². The molecule has 4 rings (SSSR count). The summed E-state index contributed by atoms with van der Waals surface area (Å²) < 4.78 is 55.9. The standard InChI is InChI=1S/C29H37F3N2O5/c1-27(2)15-20-24(21(35)16-27)28(29(30,31)32,33-23(36)14-13-18-9-6-5-7-10-18)26(37)34(20)17-19-11-8-12-22(38-3)25(19)39-4/h8,11-12,18H,5-7,9-10,13-17H2,1-4H3,(H,33,36)/t28-/m1/s1. The quantitative estimate of drug-likeness (QED) is 0.464. The molecule has 1 heterocycles. The first-order valence-corrected chi connectivity index (χ1v) is 13.5. The summed E-state index contributed by atoms with van der Waals surface area (Å²) in [6, 6.07) is 4.91. The van der Waals surface area contributed by atoms with E-state index in [2.05, 4.69) is 5.32 Å². The Morgan fingerprint density at radius 2 is 1.77 bits per heavy atom. The number of ether oxygens (including phenoxy) is 2. The Bertz CT molecular complexity index is 1170. The molecule has 1 aliphatic heterocycles. The second kappa shape index (κ2) is 10.8. The van der Waals surface area contributed by atoms with Crippen LogP contribution in [-0.2, 0) is 20.9 Å². The Hall–Kier alpha value is -3.04. The van der Waals surface area contributed by atoms with Crippen LogP contribution >= 0.6 is 0 Å². The largest absolute Gasteiger partial charge is 0.493 e. The van der Waals surface area contributed by atoms with Gasteiger partial charge in [-0.25, -0.2) is 0 Å². The van der Waals surface area contributed by atoms with E-state index in [1.165, 1.54) is 14.2 Å². The number of carbonyl (C=O) groups excluding carboxylic acids is 3. The van der Waals surface area contributed by atoms with Gasteiger partial charge < -0.3 is 19.7 Å². The number of alkyl halides is 3. The number of hydrogen-bond acceptors (Lipinski definition) is 5. The average Bonchev–Trinajstić information content (AvgIpc) is 3.10. The van der Waals surface area contributed by atoms with E-state index >= 15 is 13.2 Å². The van der Waals surface area contributed by atoms with Gasteiger partial charge in [-0.2, -0.15) is 13.2 Å². The first-order valence-electron chi connectivity index (χ1n) is 13.5. The van der Waals surface area contributed by atoms with Crippen LogP contribution < -0.4 is 14.8 Å². The molecule has 7 nitrogen and oxygen atoms in total. The summed E-state index contributed by atoms with van der Waals surface area (Å²) in [5.41, 5.74) is -4.34. The topological polar surface area (TPSA) is 84.9 Å². The van der Waals surface area contributed by atoms with Gasteiger partial charge in [0.05, 0.1) is 26.3 Å². The third-order valence-corrected chi connectivity index (χ3v) is 8.19. The fourth-order valence-corrected chi connectivity index (χ4v) is 6.32. The molecular formula is C29H37F3N2O5. The van der Waals surface area contributed by atoms with Crippen molar-refractivity contribution in [1.82, 2.24) is 10.2 Å². The maximum absolute atomic E-state index is 15.0. The highest BCUT2D eigenvalue weighted by Gasteiger charge is 2.71. The normalized spacial score (nSPS) is 23.6. The highest BCUT2D eigenvalue weighted by Crippen LogP contribution is 2.52. The number of ketones is 1. The minimum Gasteiger partial charge on any atom is -0.493 e. The molecule has 2 aliphatic carbocycles. The minimum atomic E-state index is -5.23. The van der Waals surface area contributed by atoms with Crippen LogP contribution in [0.1, 0.15) is 77.2 Å². The number of allylic oxidation sites excluding steroid dienone is 1. The number of para-hydroxylation sites is 1. The molecule has 10 heteroatoms. The molecule has 3 aliphatic rings. The van der Waals surface area contributed by atoms with Crippen molar-refractivity contribution in [3.05, 3.63) is 35.0 Å². The number of methoxy groups -OCH3 is 2. The fraction of sp³-hybridized carbons (Fsp3) is 0.621. The molecule has 0 bridgehead atoms. The molecule has 39 heavy (non-hydrogen) atoms. The van der Waals surface area contributed by atoms with E-state index in [9.17, 15) is 14.4 Å². The van der Waals surface area contributed by atoms with Crippen molar-refractivity contribution >= 4 is 17.6 Å². The van der Waals surface area contributed by atoms with Gasteiger partial charge in [-0.15, -0.1) is 0 Å². The summed E-state index contributed by atoms with van der Waals surface area (Å²) in [6.07, 6.45) is 0.0832. The summed E-state index contributed by atoms with van der Waals surface area (Å²) in [6.45, 7) is 3.27. The molecule has 0 unspecified atom stereocenters. The molecule has 1 saturated carbocycles. The second-order valence-corrected chi connectivity index (χ2v) is 11.6. The molecule has 1 aromatic rings. The van der Waals surface area contributed by atoms with Gasteiger partial charge in [0.2, 0.25) is 11.4 Å². The molecule has 0 saturated heterocycles. The highest BCUT2D eigenvalue weighted by molar-refractivity contribution is 6.13. The lowest BCUT2D eigenvalue weighted by Crippen LogP contribution is -2.66. The highest BCUT2D eigenvalue weighted by atomic mass is 19.4. The van der Waals surface area contributed by atoms with E-state index in [-0.39, 0.29) is 43.2 Å². The zero-order valence-electron chi connectivity index (χ0n) is 23.0. The summed E-state index contributed by atoms with van der Waals surface area (Å²) in [4.78, 5) is 41.3. The lowest BCUT2D eigenvalue weighted by atomic mass is 9.72. The Labute approximate surface area is 227 Å². The number of benzene rings is 1. The lowest BCUT2D eigenvalue weighted by molar-refractivity contribution is -0.194. The van der Waals surface area contributed by atoms with Crippen molar-refractivity contribution in [2.24, 2.45) is 11.3 Å². The van der Waals surface area contributed by atoms with E-state index in [4.69, 9.17) is 9.47 Å². The predicted octanol–water partition coefficient (Wildman–Crippen LogP) is 5.47. The second-order valence-electron chi connectivity index (χ2n) is 11.6. The number of amides is 2. The lowest BCUT2D eigenvalue weighted by Gasteiger charge is -2.35. The van der Waals surface area contributed by atoms with Crippen molar-refractivity contribution < 1.29 is 37.0 Å². The zero-order chi connectivity index (χ0) is 28.6. The van der Waals surface area contributed by atoms with Gasteiger partial charge in [0.15, 0.2) is 17.3 Å². The Morgan fingerprint density at radius 3 is 2.38 bits per heavy atom. The summed E-state index contributed by atoms with van der Waals surface area (Å²) in [5.74, 6) is -2.13. The Morgan fingerprint density at radius 1 is 1.08 bits per heavy atom. The van der Waals surface area contributed by atoms with Crippen molar-refractivity contribution in [2.75, 3.05) is 14.2 Å². The van der Waals surface area contributed by atoms with Crippen molar-refractivity contribution in [1.29, 1.82) is 0 Å². The summed E-state index contributed by atoms with van der Waals surface area (Å²) in [5, 5.41) is 2.06. The summed E-state index contributed by atoms with van der Waals surface area (Å²) in [7, 11) is 2.83. The summed E-state index contributed by atoms with van der Waals surface area (Å²) >= 11 is 0. The Kier molecular flexibility index (Phi) is 8.06. The van der Waals surface area contributed by atoms with E-state index in [1.54, 1.807) is 32.0 Å². The Balaban J connectivity index is 1.75. The number of nitrogens with zero attached hydrogens (tertiary/aromatic N) is 1. The maximum atomic E-state index is 15.0. The van der Waals surface area contributed by atoms with E-state index < -0.39 is 40.3 Å². The zero-order valence-corrected chi connectivity index (χ0v) is 23.0. The molecule has 0 radical (unpaired) electrons. The first kappa shape index (κ1) is 29.0. The molecule has 1 aromatic carbocycles. The molecule has 2 amide bonds. The number of carbonyl (C=O) groups is 3. The van der Waals surface area contributed by atoms with E-state index in [0.717, 1.165) is 37.0 Å². The SMILES string of the molecule is COc1cccc(CN2C(=O)[C@@](NC(=O)CCC3CCCCC3)(C(F)(F)F)C3=C2CC(C)(C)CC3=O)c1OC. The molecular weight excluding hydrogens is 513 g/mol. The van der Waals surface area contributed by atoms with Crippen LogP contribution in [0.2, 0.25) is 0 Å². The van der Waals surface area contributed by atoms with Crippen molar-refractivity contribution in [3.63, 3.8) is 0 Å². The molecule has 0 aromatic heterocycles. The number of Topliss-reactive ketones (excluding diaryl/α,β-unsaturated/α-hetero) is 1. The molecule has 214 valence electrons. The third kappa shape index (κ3) is 5.39. The van der Waals surface area contributed by atoms with Crippen LogP contribution in [0.5, 0.6) is 11.5 Å². The van der Waals surface area contributed by atoms with Gasteiger partial charge in [0.1, 0.15) is 0 Å². The van der Waals surface area contributed by atoms with Crippen molar-refractivity contribution in [2.45, 2.75) is 89.9 Å². The molecule has 0 spiro atoms. The number of halogens is 3. The van der Waals surface area contributed by atoms with Gasteiger partial charge >= 0.3 is 6.18 Å². The number of hydrogen-bond donors (Lipinski definition) is 1. The predicted molar refractivity (Wildman–Crippen MR) is 138 cm³/mol. The van der Waals surface area contributed by atoms with Crippen LogP contribution in [0.4, 0.5) is 13.2 Å². The first-order chi connectivity index (χ1) is 18.3. The molecule has 1 atom stereocenters. The van der Waals surface area contributed by atoms with Gasteiger partial charge in [-0.1, -0.05) is 58.1 Å². The van der Waals surface area contributed by atoms with Crippen LogP contribution in [-0.4, -0.2) is 48.4 Å². The van der Waals surface area contributed by atoms with Crippen LogP contribution in [0.3, 0.4) is 0 Å². The maximum Gasteiger partial charge on any atom is 0.425 e. The van der Waals surface area contributed by atoms with Gasteiger partial charge in [0, 0.05) is 24.1 Å². The monoisotopic (exact) mass is 550 g/mol. The van der Waals surface area contributed by atoms with Crippen LogP contribution in [0.15, 0.2) is 29.5 Å². The van der Waals surface area contributed by atoms with Gasteiger partial charge in [-0.05, 0) is 30.2 Å². The fourth-order valence-electron chi connectivity index (χ4n) is 6.32. The van der Waals surface area contributed by atoms with Gasteiger partial charge in [-0.3, -0.25) is 14.4 Å². The van der Waals surface area contributed by atoms with Gasteiger partial charge in [0.25, 0.3) is 5.91 Å². The van der Waals surface area contributed by atoms with E-state index in [1.807, 2.05) is 0 Å². The van der Waals surface area contributed by atoms with Crippen LogP contribution in [0.25, 0.3) is 0 Å². The number of rotatable bonds is 8. The molecule has 1 N–H and O–H groups in total. The third-order valence-electron chi connectivity index (χ3n) is 8.19.